The summed E-state index contributed by atoms with van der Waals surface area (Å²) in [5, 5.41) is 2.56. The Bertz CT molecular complexity index is 229. The molecular weight excluding hydrogens is 198 g/mol. The van der Waals surface area contributed by atoms with Crippen LogP contribution in [-0.2, 0) is 0 Å². The van der Waals surface area contributed by atoms with Gasteiger partial charge in [-0.25, -0.2) is 17.6 Å². The van der Waals surface area contributed by atoms with Gasteiger partial charge < -0.3 is 5.32 Å². The molecular formula is C9H13F4N. The molecule has 2 unspecified atom stereocenters. The number of rotatable bonds is 3. The monoisotopic (exact) mass is 211 g/mol. The maximum atomic E-state index is 13.0. The van der Waals surface area contributed by atoms with Gasteiger partial charge in [-0.15, -0.1) is 0 Å². The van der Waals surface area contributed by atoms with Crippen molar-refractivity contribution in [1.29, 1.82) is 0 Å². The molecule has 2 rings (SSSR count). The van der Waals surface area contributed by atoms with Crippen molar-refractivity contribution < 1.29 is 17.6 Å². The van der Waals surface area contributed by atoms with Crippen molar-refractivity contribution in [3.05, 3.63) is 0 Å². The van der Waals surface area contributed by atoms with Gasteiger partial charge in [0, 0.05) is 25.3 Å². The van der Waals surface area contributed by atoms with Crippen LogP contribution >= 0.6 is 0 Å². The van der Waals surface area contributed by atoms with E-state index in [1.165, 1.54) is 0 Å². The predicted octanol–water partition coefficient (Wildman–Crippen LogP) is 2.42. The quantitative estimate of drug-likeness (QED) is 0.707. The fourth-order valence-electron chi connectivity index (χ4n) is 1.95. The van der Waals surface area contributed by atoms with Crippen LogP contribution in [0.25, 0.3) is 0 Å². The first kappa shape index (κ1) is 10.2. The Kier molecular flexibility index (Phi) is 2.25. The molecule has 0 aromatic heterocycles. The molecule has 82 valence electrons. The summed E-state index contributed by atoms with van der Waals surface area (Å²) < 4.78 is 50.9. The summed E-state index contributed by atoms with van der Waals surface area (Å²) in [4.78, 5) is 0. The summed E-state index contributed by atoms with van der Waals surface area (Å²) in [5.41, 5.74) is 0. The molecule has 0 aromatic carbocycles. The van der Waals surface area contributed by atoms with Gasteiger partial charge in [-0.05, 0) is 12.8 Å². The third-order valence-electron chi connectivity index (χ3n) is 3.08. The fraction of sp³-hybridized carbons (Fsp3) is 1.00. The van der Waals surface area contributed by atoms with E-state index in [0.29, 0.717) is 12.8 Å². The van der Waals surface area contributed by atoms with Crippen molar-refractivity contribution >= 4 is 0 Å². The van der Waals surface area contributed by atoms with Crippen molar-refractivity contribution in [2.75, 3.05) is 6.54 Å². The van der Waals surface area contributed by atoms with Crippen LogP contribution in [0, 0.1) is 5.92 Å². The highest BCUT2D eigenvalue weighted by Gasteiger charge is 2.57. The van der Waals surface area contributed by atoms with Gasteiger partial charge in [0.1, 0.15) is 0 Å². The summed E-state index contributed by atoms with van der Waals surface area (Å²) in [6.45, 7) is 0.0211. The molecule has 2 aliphatic rings. The van der Waals surface area contributed by atoms with E-state index in [0.717, 1.165) is 0 Å². The lowest BCUT2D eigenvalue weighted by atomic mass is 10.2. The third-order valence-corrected chi connectivity index (χ3v) is 3.08. The van der Waals surface area contributed by atoms with Gasteiger partial charge in [-0.3, -0.25) is 0 Å². The van der Waals surface area contributed by atoms with E-state index in [1.807, 2.05) is 0 Å². The van der Waals surface area contributed by atoms with Gasteiger partial charge >= 0.3 is 0 Å². The molecule has 0 spiro atoms. The van der Waals surface area contributed by atoms with Crippen LogP contribution in [0.15, 0.2) is 0 Å². The topological polar surface area (TPSA) is 12.0 Å². The van der Waals surface area contributed by atoms with Crippen LogP contribution in [0.4, 0.5) is 17.6 Å². The minimum Gasteiger partial charge on any atom is -0.308 e. The number of alkyl halides is 4. The molecule has 5 heteroatoms. The van der Waals surface area contributed by atoms with Gasteiger partial charge in [0.25, 0.3) is 11.8 Å². The first-order valence-electron chi connectivity index (χ1n) is 4.91. The molecule has 0 amide bonds. The van der Waals surface area contributed by atoms with Crippen molar-refractivity contribution in [3.63, 3.8) is 0 Å². The Labute approximate surface area is 79.9 Å². The van der Waals surface area contributed by atoms with Gasteiger partial charge in [-0.2, -0.15) is 0 Å². The molecule has 1 nitrogen and oxygen atoms in total. The zero-order valence-electron chi connectivity index (χ0n) is 7.70. The first-order chi connectivity index (χ1) is 6.42. The van der Waals surface area contributed by atoms with Gasteiger partial charge in [0.2, 0.25) is 0 Å². The molecule has 2 aliphatic carbocycles. The molecule has 0 aromatic rings. The standard InChI is InChI=1S/C9H13F4N/c10-8(11)3-1-2-7(8)14-5-6-4-9(6,12)13/h6-7,14H,1-5H2. The summed E-state index contributed by atoms with van der Waals surface area (Å²) in [6, 6.07) is -0.890. The average molecular weight is 211 g/mol. The summed E-state index contributed by atoms with van der Waals surface area (Å²) >= 11 is 0. The summed E-state index contributed by atoms with van der Waals surface area (Å²) in [6.07, 6.45) is 0.598. The zero-order chi connectivity index (χ0) is 10.4. The second-order valence-corrected chi connectivity index (χ2v) is 4.28. The van der Waals surface area contributed by atoms with Crippen LogP contribution < -0.4 is 5.32 Å². The number of hydrogen-bond acceptors (Lipinski definition) is 1. The van der Waals surface area contributed by atoms with E-state index in [2.05, 4.69) is 5.32 Å². The smallest absolute Gasteiger partial charge is 0.263 e. The molecule has 2 atom stereocenters. The third kappa shape index (κ3) is 1.87. The SMILES string of the molecule is FC1(F)CC1CNC1CCCC1(F)F. The van der Waals surface area contributed by atoms with Crippen molar-refractivity contribution in [2.45, 2.75) is 43.6 Å². The van der Waals surface area contributed by atoms with E-state index in [9.17, 15) is 17.6 Å². The molecule has 2 saturated carbocycles. The highest BCUT2D eigenvalue weighted by Crippen LogP contribution is 2.48. The van der Waals surface area contributed by atoms with Crippen LogP contribution in [0.1, 0.15) is 25.7 Å². The fourth-order valence-corrected chi connectivity index (χ4v) is 1.95. The summed E-state index contributed by atoms with van der Waals surface area (Å²) in [5.74, 6) is -6.04. The van der Waals surface area contributed by atoms with E-state index >= 15 is 0 Å². The molecule has 0 saturated heterocycles. The number of nitrogens with one attached hydrogen (secondary N) is 1. The molecule has 2 fully saturated rings. The van der Waals surface area contributed by atoms with E-state index in [4.69, 9.17) is 0 Å². The lowest BCUT2D eigenvalue weighted by molar-refractivity contribution is -0.0191. The molecule has 14 heavy (non-hydrogen) atoms. The Morgan fingerprint density at radius 1 is 1.14 bits per heavy atom. The maximum Gasteiger partial charge on any atom is 0.263 e. The normalized spacial score (nSPS) is 38.6. The highest BCUT2D eigenvalue weighted by atomic mass is 19.3. The Hall–Kier alpha value is -0.320. The van der Waals surface area contributed by atoms with E-state index in [1.54, 1.807) is 0 Å². The van der Waals surface area contributed by atoms with Crippen LogP contribution in [-0.4, -0.2) is 24.4 Å². The Morgan fingerprint density at radius 3 is 2.21 bits per heavy atom. The first-order valence-corrected chi connectivity index (χ1v) is 4.91. The largest absolute Gasteiger partial charge is 0.308 e. The average Bonchev–Trinajstić information content (AvgIpc) is 2.49. The van der Waals surface area contributed by atoms with E-state index < -0.39 is 23.8 Å². The van der Waals surface area contributed by atoms with Crippen LogP contribution in [0.2, 0.25) is 0 Å². The summed E-state index contributed by atoms with van der Waals surface area (Å²) in [7, 11) is 0. The number of hydrogen-bond donors (Lipinski definition) is 1. The van der Waals surface area contributed by atoms with Crippen molar-refractivity contribution in [3.8, 4) is 0 Å². The van der Waals surface area contributed by atoms with Gasteiger partial charge in [0.05, 0.1) is 6.04 Å². The predicted molar refractivity (Wildman–Crippen MR) is 43.6 cm³/mol. The molecule has 0 radical (unpaired) electrons. The molecule has 0 aliphatic heterocycles. The van der Waals surface area contributed by atoms with Crippen LogP contribution in [0.5, 0.6) is 0 Å². The second kappa shape index (κ2) is 3.08. The van der Waals surface area contributed by atoms with Crippen LogP contribution in [0.3, 0.4) is 0 Å². The Morgan fingerprint density at radius 2 is 1.79 bits per heavy atom. The van der Waals surface area contributed by atoms with Gasteiger partial charge in [-0.1, -0.05) is 0 Å². The van der Waals surface area contributed by atoms with E-state index in [-0.39, 0.29) is 19.4 Å². The maximum absolute atomic E-state index is 13.0. The second-order valence-electron chi connectivity index (χ2n) is 4.28. The van der Waals surface area contributed by atoms with Crippen molar-refractivity contribution in [2.24, 2.45) is 5.92 Å². The molecule has 1 N–H and O–H groups in total. The lowest BCUT2D eigenvalue weighted by Crippen LogP contribution is -2.41. The minimum atomic E-state index is -2.70. The molecule has 0 heterocycles. The van der Waals surface area contributed by atoms with Crippen molar-refractivity contribution in [1.82, 2.24) is 5.32 Å². The molecule has 0 bridgehead atoms. The Balaban J connectivity index is 1.76. The van der Waals surface area contributed by atoms with Gasteiger partial charge in [0.15, 0.2) is 0 Å². The number of halogens is 4. The lowest BCUT2D eigenvalue weighted by Gasteiger charge is -2.20. The highest BCUT2D eigenvalue weighted by molar-refractivity contribution is 4.98. The minimum absolute atomic E-state index is 0.0211. The zero-order valence-corrected chi connectivity index (χ0v) is 7.70.